The number of halogens is 1. The van der Waals surface area contributed by atoms with Crippen molar-refractivity contribution in [1.82, 2.24) is 5.32 Å². The molecule has 39 heavy (non-hydrogen) atoms. The molecule has 0 heterocycles. The highest BCUT2D eigenvalue weighted by molar-refractivity contribution is 5.94. The molecular weight excluding hydrogens is 500 g/mol. The second-order valence-electron chi connectivity index (χ2n) is 15.0. The minimum Gasteiger partial charge on any atom is -0.349 e. The molecule has 0 spiro atoms. The van der Waals surface area contributed by atoms with Gasteiger partial charge in [0.2, 0.25) is 0 Å². The van der Waals surface area contributed by atoms with Gasteiger partial charge in [-0.1, -0.05) is 66.0 Å². The van der Waals surface area contributed by atoms with Crippen molar-refractivity contribution < 1.29 is 4.79 Å². The van der Waals surface area contributed by atoms with E-state index in [0.29, 0.717) is 23.4 Å². The van der Waals surface area contributed by atoms with Gasteiger partial charge in [-0.2, -0.15) is 0 Å². The standard InChI is InChI=1S/C35H56N2O.ClH/c1-23(2)7-6-8-24(3)30-15-16-31-29-14-13-27-21-28(37-33(38)26-11-9-25(22-36)10-12-26)17-19-34(27,4)32(29)18-20-35(30,31)5;/h9-12,23-24,27-32H,6-8,13-22,36H2,1-5H3,(H,37,38);1H/t24-,27?,28-,29+,30-,31+,32+,34+,35-;/m1./s1. The van der Waals surface area contributed by atoms with Crippen LogP contribution in [0.5, 0.6) is 0 Å². The third-order valence-corrected chi connectivity index (χ3v) is 12.7. The Morgan fingerprint density at radius 3 is 2.31 bits per heavy atom. The second-order valence-corrected chi connectivity index (χ2v) is 15.0. The van der Waals surface area contributed by atoms with Crippen LogP contribution in [0.1, 0.15) is 128 Å². The number of carbonyl (C=O) groups is 1. The lowest BCUT2D eigenvalue weighted by atomic mass is 9.44. The summed E-state index contributed by atoms with van der Waals surface area (Å²) in [6.07, 6.45) is 16.5. The average molecular weight is 557 g/mol. The van der Waals surface area contributed by atoms with E-state index in [0.717, 1.165) is 59.0 Å². The molecule has 1 aromatic rings. The number of carbonyl (C=O) groups excluding carboxylic acids is 1. The summed E-state index contributed by atoms with van der Waals surface area (Å²) in [5.74, 6) is 6.30. The van der Waals surface area contributed by atoms with Crippen molar-refractivity contribution in [2.75, 3.05) is 0 Å². The first-order valence-electron chi connectivity index (χ1n) is 16.3. The monoisotopic (exact) mass is 556 g/mol. The van der Waals surface area contributed by atoms with Crippen LogP contribution in [0.3, 0.4) is 0 Å². The van der Waals surface area contributed by atoms with Crippen molar-refractivity contribution >= 4 is 18.3 Å². The Morgan fingerprint density at radius 1 is 0.923 bits per heavy atom. The number of amides is 1. The SMILES string of the molecule is CC(C)CCC[C@@H](C)[C@H]1CC[C@H]2[C@@H]3CCC4C[C@H](NC(=O)c5ccc(CN)cc5)CC[C@]4(C)[C@H]3CC[C@]12C.Cl. The van der Waals surface area contributed by atoms with Crippen LogP contribution in [0.4, 0.5) is 0 Å². The summed E-state index contributed by atoms with van der Waals surface area (Å²) >= 11 is 0. The summed E-state index contributed by atoms with van der Waals surface area (Å²) in [7, 11) is 0. The Morgan fingerprint density at radius 2 is 1.62 bits per heavy atom. The molecule has 4 saturated carbocycles. The highest BCUT2D eigenvalue weighted by Crippen LogP contribution is 2.68. The van der Waals surface area contributed by atoms with E-state index in [4.69, 9.17) is 5.73 Å². The molecule has 3 nitrogen and oxygen atoms in total. The van der Waals surface area contributed by atoms with Gasteiger partial charge < -0.3 is 11.1 Å². The van der Waals surface area contributed by atoms with E-state index in [2.05, 4.69) is 39.9 Å². The fraction of sp³-hybridized carbons (Fsp3) is 0.800. The minimum atomic E-state index is 0. The van der Waals surface area contributed by atoms with E-state index in [1.54, 1.807) is 0 Å². The molecule has 0 bridgehead atoms. The van der Waals surface area contributed by atoms with Crippen LogP contribution < -0.4 is 11.1 Å². The van der Waals surface area contributed by atoms with Gasteiger partial charge in [-0.25, -0.2) is 0 Å². The van der Waals surface area contributed by atoms with Gasteiger partial charge in [-0.15, -0.1) is 12.4 Å². The lowest BCUT2D eigenvalue weighted by Gasteiger charge is -2.61. The summed E-state index contributed by atoms with van der Waals surface area (Å²) in [5, 5.41) is 3.41. The molecule has 0 aromatic heterocycles. The molecular formula is C35H57ClN2O. The summed E-state index contributed by atoms with van der Waals surface area (Å²) in [6.45, 7) is 13.2. The highest BCUT2D eigenvalue weighted by Gasteiger charge is 2.60. The Labute approximate surface area is 245 Å². The van der Waals surface area contributed by atoms with Crippen LogP contribution in [0.25, 0.3) is 0 Å². The molecule has 220 valence electrons. The largest absolute Gasteiger partial charge is 0.349 e. The van der Waals surface area contributed by atoms with E-state index >= 15 is 0 Å². The van der Waals surface area contributed by atoms with Crippen molar-refractivity contribution in [3.8, 4) is 0 Å². The first kappa shape index (κ1) is 30.9. The Bertz CT molecular complexity index is 962. The Balaban J connectivity index is 0.00000353. The van der Waals surface area contributed by atoms with Gasteiger partial charge in [0, 0.05) is 18.2 Å². The maximum absolute atomic E-state index is 13.0. The maximum Gasteiger partial charge on any atom is 0.251 e. The fourth-order valence-electron chi connectivity index (χ4n) is 10.5. The van der Waals surface area contributed by atoms with Crippen molar-refractivity contribution in [2.45, 2.75) is 124 Å². The number of nitrogens with two attached hydrogens (primary N) is 1. The smallest absolute Gasteiger partial charge is 0.251 e. The van der Waals surface area contributed by atoms with E-state index in [-0.39, 0.29) is 18.3 Å². The second kappa shape index (κ2) is 12.4. The van der Waals surface area contributed by atoms with Gasteiger partial charge in [-0.05, 0) is 128 Å². The van der Waals surface area contributed by atoms with E-state index < -0.39 is 0 Å². The van der Waals surface area contributed by atoms with Gasteiger partial charge >= 0.3 is 0 Å². The molecule has 9 atom stereocenters. The first-order chi connectivity index (χ1) is 18.2. The molecule has 1 aromatic carbocycles. The summed E-state index contributed by atoms with van der Waals surface area (Å²) < 4.78 is 0. The maximum atomic E-state index is 13.0. The lowest BCUT2D eigenvalue weighted by Crippen LogP contribution is -2.55. The zero-order valence-corrected chi connectivity index (χ0v) is 26.3. The predicted molar refractivity (Wildman–Crippen MR) is 166 cm³/mol. The van der Waals surface area contributed by atoms with Crippen molar-refractivity contribution in [3.63, 3.8) is 0 Å². The molecule has 4 fully saturated rings. The van der Waals surface area contributed by atoms with Gasteiger partial charge in [0.05, 0.1) is 0 Å². The zero-order valence-electron chi connectivity index (χ0n) is 25.5. The number of fused-ring (bicyclic) bond motifs is 5. The summed E-state index contributed by atoms with van der Waals surface area (Å²) in [5.41, 5.74) is 8.61. The third-order valence-electron chi connectivity index (χ3n) is 12.7. The zero-order chi connectivity index (χ0) is 27.1. The van der Waals surface area contributed by atoms with Crippen molar-refractivity contribution in [2.24, 2.45) is 58.0 Å². The van der Waals surface area contributed by atoms with Crippen LogP contribution >= 0.6 is 12.4 Å². The van der Waals surface area contributed by atoms with Crippen LogP contribution in [0, 0.1) is 52.3 Å². The van der Waals surface area contributed by atoms with Crippen molar-refractivity contribution in [1.29, 1.82) is 0 Å². The van der Waals surface area contributed by atoms with Crippen LogP contribution in [-0.4, -0.2) is 11.9 Å². The first-order valence-corrected chi connectivity index (χ1v) is 16.3. The summed E-state index contributed by atoms with van der Waals surface area (Å²) in [4.78, 5) is 13.0. The van der Waals surface area contributed by atoms with Crippen molar-refractivity contribution in [3.05, 3.63) is 35.4 Å². The fourth-order valence-corrected chi connectivity index (χ4v) is 10.5. The molecule has 4 aliphatic carbocycles. The number of hydrogen-bond acceptors (Lipinski definition) is 2. The molecule has 1 unspecified atom stereocenters. The third kappa shape index (κ3) is 5.97. The number of hydrogen-bond donors (Lipinski definition) is 2. The van der Waals surface area contributed by atoms with E-state index in [1.165, 1.54) is 70.6 Å². The quantitative estimate of drug-likeness (QED) is 0.336. The minimum absolute atomic E-state index is 0. The molecule has 3 N–H and O–H groups in total. The number of benzene rings is 1. The van der Waals surface area contributed by atoms with Crippen LogP contribution in [0.15, 0.2) is 24.3 Å². The normalized spacial score (nSPS) is 38.2. The Kier molecular flexibility index (Phi) is 9.85. The number of rotatable bonds is 8. The van der Waals surface area contributed by atoms with Crippen LogP contribution in [-0.2, 0) is 6.54 Å². The van der Waals surface area contributed by atoms with Gasteiger partial charge in [0.1, 0.15) is 0 Å². The van der Waals surface area contributed by atoms with E-state index in [9.17, 15) is 4.79 Å². The molecule has 1 amide bonds. The average Bonchev–Trinajstić information content (AvgIpc) is 3.26. The number of nitrogens with one attached hydrogen (secondary N) is 1. The molecule has 4 aliphatic rings. The molecule has 4 heteroatoms. The molecule has 5 rings (SSSR count). The molecule has 0 radical (unpaired) electrons. The Hall–Kier alpha value is -1.06. The molecule has 0 saturated heterocycles. The van der Waals surface area contributed by atoms with Gasteiger partial charge in [0.25, 0.3) is 5.91 Å². The highest BCUT2D eigenvalue weighted by atomic mass is 35.5. The topological polar surface area (TPSA) is 55.1 Å². The van der Waals surface area contributed by atoms with Crippen LogP contribution in [0.2, 0.25) is 0 Å². The van der Waals surface area contributed by atoms with Gasteiger partial charge in [0.15, 0.2) is 0 Å². The predicted octanol–water partition coefficient (Wildman–Crippen LogP) is 8.79. The summed E-state index contributed by atoms with van der Waals surface area (Å²) in [6, 6.07) is 8.13. The van der Waals surface area contributed by atoms with E-state index in [1.807, 2.05) is 24.3 Å². The lowest BCUT2D eigenvalue weighted by molar-refractivity contribution is -0.117. The molecule has 0 aliphatic heterocycles. The van der Waals surface area contributed by atoms with Gasteiger partial charge in [-0.3, -0.25) is 4.79 Å².